The Bertz CT molecular complexity index is 914. The van der Waals surface area contributed by atoms with E-state index in [1.165, 1.54) is 24.3 Å². The molecule has 1 aliphatic heterocycles. The molecule has 0 unspecified atom stereocenters. The molecule has 0 radical (unpaired) electrons. The summed E-state index contributed by atoms with van der Waals surface area (Å²) in [5.74, 6) is -0.812. The van der Waals surface area contributed by atoms with Crippen molar-refractivity contribution < 1.29 is 22.3 Å². The lowest BCUT2D eigenvalue weighted by atomic mass is 9.99. The number of benzene rings is 1. The van der Waals surface area contributed by atoms with Crippen molar-refractivity contribution in [1.29, 1.82) is 0 Å². The Morgan fingerprint density at radius 2 is 2.12 bits per heavy atom. The van der Waals surface area contributed by atoms with E-state index >= 15 is 0 Å². The van der Waals surface area contributed by atoms with Crippen molar-refractivity contribution in [3.8, 4) is 5.88 Å². The Labute approximate surface area is 144 Å². The predicted octanol–water partition coefficient (Wildman–Crippen LogP) is 1.71. The molecule has 2 aromatic rings. The minimum atomic E-state index is -4.02. The summed E-state index contributed by atoms with van der Waals surface area (Å²) in [6, 6.07) is 5.38. The third kappa shape index (κ3) is 3.41. The number of amides is 1. The highest BCUT2D eigenvalue weighted by Crippen LogP contribution is 2.26. The van der Waals surface area contributed by atoms with Crippen molar-refractivity contribution in [2.75, 3.05) is 17.9 Å². The van der Waals surface area contributed by atoms with Crippen LogP contribution < -0.4 is 14.8 Å². The van der Waals surface area contributed by atoms with E-state index in [2.05, 4.69) is 15.0 Å². The summed E-state index contributed by atoms with van der Waals surface area (Å²) in [5, 5.41) is 2.61. The molecule has 1 aliphatic rings. The molecule has 1 aromatic heterocycles. The number of carbonyl (C=O) groups excluding carboxylic acids is 1. The van der Waals surface area contributed by atoms with Crippen molar-refractivity contribution in [1.82, 2.24) is 10.3 Å². The van der Waals surface area contributed by atoms with Crippen LogP contribution in [-0.4, -0.2) is 32.5 Å². The summed E-state index contributed by atoms with van der Waals surface area (Å²) in [6.45, 7) is 2.50. The van der Waals surface area contributed by atoms with Gasteiger partial charge in [-0.05, 0) is 31.5 Å². The van der Waals surface area contributed by atoms with Crippen molar-refractivity contribution in [3.05, 3.63) is 47.4 Å². The fourth-order valence-electron chi connectivity index (χ4n) is 2.52. The van der Waals surface area contributed by atoms with Gasteiger partial charge >= 0.3 is 0 Å². The van der Waals surface area contributed by atoms with Gasteiger partial charge in [-0.2, -0.15) is 0 Å². The highest BCUT2D eigenvalue weighted by atomic mass is 32.2. The van der Waals surface area contributed by atoms with Crippen LogP contribution in [0.15, 0.2) is 35.4 Å². The maximum atomic E-state index is 14.6. The number of nitrogens with zero attached hydrogens (tertiary/aromatic N) is 1. The molecule has 0 saturated heterocycles. The second-order valence-corrected chi connectivity index (χ2v) is 7.01. The quantitative estimate of drug-likeness (QED) is 0.841. The van der Waals surface area contributed by atoms with Gasteiger partial charge in [0.15, 0.2) is 5.82 Å². The second kappa shape index (κ2) is 6.67. The Kier molecular flexibility index (Phi) is 4.58. The molecule has 1 amide bonds. The van der Waals surface area contributed by atoms with Crippen LogP contribution in [0.2, 0.25) is 0 Å². The monoisotopic (exact) mass is 365 g/mol. The van der Waals surface area contributed by atoms with E-state index in [4.69, 9.17) is 4.74 Å². The first kappa shape index (κ1) is 17.2. The molecule has 0 bridgehead atoms. The largest absolute Gasteiger partial charge is 0.478 e. The molecular formula is C16H16FN3O4S. The third-order valence-electron chi connectivity index (χ3n) is 3.70. The zero-order valence-corrected chi connectivity index (χ0v) is 14.2. The lowest BCUT2D eigenvalue weighted by molar-refractivity contribution is 0.0945. The fraction of sp³-hybridized carbons (Fsp3) is 0.250. The first-order valence-electron chi connectivity index (χ1n) is 7.63. The molecule has 0 spiro atoms. The maximum absolute atomic E-state index is 14.6. The molecule has 0 aliphatic carbocycles. The van der Waals surface area contributed by atoms with Gasteiger partial charge in [-0.1, -0.05) is 0 Å². The molecule has 2 heterocycles. The van der Waals surface area contributed by atoms with Crippen LogP contribution in [0.4, 0.5) is 10.1 Å². The van der Waals surface area contributed by atoms with Crippen molar-refractivity contribution in [2.24, 2.45) is 0 Å². The summed E-state index contributed by atoms with van der Waals surface area (Å²) in [7, 11) is -4.02. The number of pyridine rings is 1. The maximum Gasteiger partial charge on any atom is 0.263 e. The lowest BCUT2D eigenvalue weighted by Gasteiger charge is -2.19. The minimum absolute atomic E-state index is 0.120. The van der Waals surface area contributed by atoms with Gasteiger partial charge in [-0.25, -0.2) is 17.8 Å². The van der Waals surface area contributed by atoms with Gasteiger partial charge in [0.1, 0.15) is 4.90 Å². The Hall–Kier alpha value is -2.68. The van der Waals surface area contributed by atoms with Gasteiger partial charge < -0.3 is 10.1 Å². The van der Waals surface area contributed by atoms with E-state index in [9.17, 15) is 17.6 Å². The molecule has 132 valence electrons. The van der Waals surface area contributed by atoms with E-state index in [1.807, 2.05) is 0 Å². The van der Waals surface area contributed by atoms with Gasteiger partial charge in [-0.15, -0.1) is 0 Å². The summed E-state index contributed by atoms with van der Waals surface area (Å²) in [5.41, 5.74) is 0.213. The number of hydrogen-bond donors (Lipinski definition) is 2. The Balaban J connectivity index is 1.89. The van der Waals surface area contributed by atoms with Gasteiger partial charge in [-0.3, -0.25) is 9.52 Å². The third-order valence-corrected chi connectivity index (χ3v) is 5.06. The van der Waals surface area contributed by atoms with Crippen LogP contribution >= 0.6 is 0 Å². The summed E-state index contributed by atoms with van der Waals surface area (Å²) < 4.78 is 46.8. The summed E-state index contributed by atoms with van der Waals surface area (Å²) in [4.78, 5) is 15.5. The van der Waals surface area contributed by atoms with Crippen molar-refractivity contribution >= 4 is 21.6 Å². The molecule has 7 nitrogen and oxygen atoms in total. The Morgan fingerprint density at radius 3 is 2.80 bits per heavy atom. The van der Waals surface area contributed by atoms with E-state index in [-0.39, 0.29) is 27.6 Å². The molecule has 25 heavy (non-hydrogen) atoms. The summed E-state index contributed by atoms with van der Waals surface area (Å²) in [6.07, 6.45) is 1.43. The van der Waals surface area contributed by atoms with Crippen molar-refractivity contribution in [2.45, 2.75) is 18.2 Å². The zero-order chi connectivity index (χ0) is 18.0. The van der Waals surface area contributed by atoms with Crippen molar-refractivity contribution in [3.63, 3.8) is 0 Å². The molecule has 1 aromatic carbocycles. The number of halogens is 1. The van der Waals surface area contributed by atoms with Crippen LogP contribution in [0.25, 0.3) is 0 Å². The lowest BCUT2D eigenvalue weighted by Crippen LogP contribution is -2.32. The molecule has 0 atom stereocenters. The summed E-state index contributed by atoms with van der Waals surface area (Å²) >= 11 is 0. The van der Waals surface area contributed by atoms with Crippen LogP contribution in [0.1, 0.15) is 22.8 Å². The number of anilines is 1. The van der Waals surface area contributed by atoms with Crippen LogP contribution in [0, 0.1) is 5.82 Å². The first-order chi connectivity index (χ1) is 11.9. The molecule has 0 saturated carbocycles. The van der Waals surface area contributed by atoms with E-state index in [0.717, 1.165) is 6.20 Å². The zero-order valence-electron chi connectivity index (χ0n) is 13.4. The smallest absolute Gasteiger partial charge is 0.263 e. The van der Waals surface area contributed by atoms with Gasteiger partial charge in [0.25, 0.3) is 15.9 Å². The predicted molar refractivity (Wildman–Crippen MR) is 88.7 cm³/mol. The number of carbonyl (C=O) groups is 1. The van der Waals surface area contributed by atoms with Crippen LogP contribution in [0.5, 0.6) is 5.88 Å². The number of ether oxygens (including phenoxy) is 1. The molecule has 9 heteroatoms. The van der Waals surface area contributed by atoms with Crippen LogP contribution in [0.3, 0.4) is 0 Å². The molecular weight excluding hydrogens is 349 g/mol. The molecule has 0 fully saturated rings. The van der Waals surface area contributed by atoms with Crippen LogP contribution in [-0.2, 0) is 16.4 Å². The number of sulfonamides is 1. The number of fused-ring (bicyclic) bond motifs is 1. The second-order valence-electron chi connectivity index (χ2n) is 5.33. The molecule has 2 N–H and O–H groups in total. The first-order valence-corrected chi connectivity index (χ1v) is 9.12. The topological polar surface area (TPSA) is 97.4 Å². The van der Waals surface area contributed by atoms with Gasteiger partial charge in [0.2, 0.25) is 5.88 Å². The highest BCUT2D eigenvalue weighted by molar-refractivity contribution is 7.92. The van der Waals surface area contributed by atoms with Gasteiger partial charge in [0, 0.05) is 23.7 Å². The van der Waals surface area contributed by atoms with E-state index in [0.29, 0.717) is 25.5 Å². The molecule has 3 rings (SSSR count). The van der Waals surface area contributed by atoms with E-state index < -0.39 is 15.8 Å². The Morgan fingerprint density at radius 1 is 1.32 bits per heavy atom. The van der Waals surface area contributed by atoms with Gasteiger partial charge in [0.05, 0.1) is 18.5 Å². The van der Waals surface area contributed by atoms with E-state index in [1.54, 1.807) is 6.92 Å². The average molecular weight is 365 g/mol. The number of aromatic nitrogens is 1. The SMILES string of the molecule is CCOc1ccc(S(=O)(=O)Nc2ccc3c(c2F)CCNC3=O)cn1. The number of hydrogen-bond acceptors (Lipinski definition) is 5. The standard InChI is InChI=1S/C16H16FN3O4S/c1-2-24-14-6-3-10(9-19-14)25(22,23)20-13-5-4-12-11(15(13)17)7-8-18-16(12)21/h3-6,9,20H,2,7-8H2,1H3,(H,18,21). The highest BCUT2D eigenvalue weighted by Gasteiger charge is 2.24. The number of rotatable bonds is 5. The normalized spacial score (nSPS) is 13.8. The number of nitrogens with one attached hydrogen (secondary N) is 2. The fourth-order valence-corrected chi connectivity index (χ4v) is 3.52. The minimum Gasteiger partial charge on any atom is -0.478 e. The average Bonchev–Trinajstić information content (AvgIpc) is 2.59.